The second-order valence-corrected chi connectivity index (χ2v) is 6.71. The smallest absolute Gasteiger partial charge is 0.239 e. The summed E-state index contributed by atoms with van der Waals surface area (Å²) in [6.07, 6.45) is 4.53. The van der Waals surface area contributed by atoms with Gasteiger partial charge in [0.15, 0.2) is 17.3 Å². The van der Waals surface area contributed by atoms with Gasteiger partial charge in [-0.25, -0.2) is 0 Å². The van der Waals surface area contributed by atoms with Gasteiger partial charge in [-0.2, -0.15) is 4.98 Å². The zero-order valence-electron chi connectivity index (χ0n) is 17.4. The summed E-state index contributed by atoms with van der Waals surface area (Å²) in [6.45, 7) is 0. The van der Waals surface area contributed by atoms with Gasteiger partial charge in [0.25, 0.3) is 0 Å². The molecule has 0 atom stereocenters. The maximum Gasteiger partial charge on any atom is 0.239 e. The molecule has 1 heterocycles. The van der Waals surface area contributed by atoms with Gasteiger partial charge in [0, 0.05) is 28.9 Å². The number of benzene rings is 2. The molecular formula is C22H22N4O5. The number of oxime groups is 1. The van der Waals surface area contributed by atoms with E-state index in [2.05, 4.69) is 20.4 Å². The number of hydrogen-bond donors (Lipinski definition) is 2. The molecule has 0 radical (unpaired) electrons. The Hall–Kier alpha value is -4.01. The van der Waals surface area contributed by atoms with Gasteiger partial charge in [-0.3, -0.25) is 4.98 Å². The van der Waals surface area contributed by atoms with Crippen LogP contribution in [0.4, 0.5) is 11.5 Å². The highest BCUT2D eigenvalue weighted by atomic mass is 16.5. The Kier molecular flexibility index (Phi) is 5.74. The molecule has 9 nitrogen and oxygen atoms in total. The van der Waals surface area contributed by atoms with E-state index in [-0.39, 0.29) is 0 Å². The van der Waals surface area contributed by atoms with E-state index in [1.54, 1.807) is 39.7 Å². The zero-order valence-corrected chi connectivity index (χ0v) is 17.4. The Morgan fingerprint density at radius 2 is 1.74 bits per heavy atom. The van der Waals surface area contributed by atoms with E-state index < -0.39 is 0 Å². The van der Waals surface area contributed by atoms with Crippen LogP contribution in [0, 0.1) is 0 Å². The van der Waals surface area contributed by atoms with E-state index in [0.29, 0.717) is 52.5 Å². The Labute approximate surface area is 179 Å². The molecule has 2 N–H and O–H groups in total. The van der Waals surface area contributed by atoms with Gasteiger partial charge in [-0.05, 0) is 18.9 Å². The zero-order chi connectivity index (χ0) is 21.8. The summed E-state index contributed by atoms with van der Waals surface area (Å²) in [5.74, 6) is 3.02. The molecule has 0 bridgehead atoms. The van der Waals surface area contributed by atoms with Gasteiger partial charge in [0.1, 0.15) is 5.75 Å². The van der Waals surface area contributed by atoms with Crippen LogP contribution in [0.1, 0.15) is 17.5 Å². The van der Waals surface area contributed by atoms with Crippen molar-refractivity contribution >= 4 is 17.2 Å². The van der Waals surface area contributed by atoms with Crippen LogP contribution in [0.5, 0.6) is 28.9 Å². The average Bonchev–Trinajstić information content (AvgIpc) is 3.23. The molecule has 1 aliphatic carbocycles. The number of fused-ring (bicyclic) bond motifs is 1. The number of nitrogens with one attached hydrogen (secondary N) is 1. The molecule has 0 fully saturated rings. The number of rotatable bonds is 7. The maximum absolute atomic E-state index is 9.17. The molecule has 2 aromatic carbocycles. The summed E-state index contributed by atoms with van der Waals surface area (Å²) in [5, 5.41) is 15.7. The lowest BCUT2D eigenvalue weighted by Gasteiger charge is -2.15. The highest BCUT2D eigenvalue weighted by Gasteiger charge is 2.22. The normalized spacial score (nSPS) is 13.6. The number of aromatic nitrogens is 2. The molecule has 1 aliphatic rings. The predicted molar refractivity (Wildman–Crippen MR) is 115 cm³/mol. The molecule has 0 unspecified atom stereocenters. The van der Waals surface area contributed by atoms with Crippen LogP contribution in [0.25, 0.3) is 0 Å². The molecule has 0 spiro atoms. The van der Waals surface area contributed by atoms with E-state index in [1.807, 2.05) is 18.2 Å². The molecule has 0 saturated carbocycles. The lowest BCUT2D eigenvalue weighted by atomic mass is 10.1. The quantitative estimate of drug-likeness (QED) is 0.432. The van der Waals surface area contributed by atoms with Gasteiger partial charge in [0.05, 0.1) is 39.4 Å². The number of nitrogens with zero attached hydrogens (tertiary/aromatic N) is 3. The third-order valence-electron chi connectivity index (χ3n) is 4.94. The minimum atomic E-state index is 0.334. The average molecular weight is 422 g/mol. The van der Waals surface area contributed by atoms with E-state index in [4.69, 9.17) is 24.2 Å². The van der Waals surface area contributed by atoms with Crippen LogP contribution >= 0.6 is 0 Å². The third-order valence-corrected chi connectivity index (χ3v) is 4.94. The second kappa shape index (κ2) is 8.78. The molecule has 1 aromatic heterocycles. The summed E-state index contributed by atoms with van der Waals surface area (Å²) >= 11 is 0. The highest BCUT2D eigenvalue weighted by Crippen LogP contribution is 2.40. The maximum atomic E-state index is 9.17. The first-order valence-electron chi connectivity index (χ1n) is 9.57. The Balaban J connectivity index is 1.59. The van der Waals surface area contributed by atoms with Crippen molar-refractivity contribution in [3.63, 3.8) is 0 Å². The van der Waals surface area contributed by atoms with E-state index >= 15 is 0 Å². The van der Waals surface area contributed by atoms with Crippen molar-refractivity contribution in [1.29, 1.82) is 0 Å². The van der Waals surface area contributed by atoms with Crippen molar-refractivity contribution in [2.24, 2.45) is 5.16 Å². The first-order chi connectivity index (χ1) is 15.2. The lowest BCUT2D eigenvalue weighted by molar-refractivity contribution is 0.318. The first kappa shape index (κ1) is 20.3. The van der Waals surface area contributed by atoms with E-state index in [1.165, 1.54) is 6.20 Å². The summed E-state index contributed by atoms with van der Waals surface area (Å²) in [5.41, 5.74) is 3.22. The third kappa shape index (κ3) is 4.02. The van der Waals surface area contributed by atoms with Gasteiger partial charge in [-0.1, -0.05) is 17.3 Å². The van der Waals surface area contributed by atoms with Gasteiger partial charge >= 0.3 is 0 Å². The molecule has 160 valence electrons. The molecule has 0 amide bonds. The van der Waals surface area contributed by atoms with Crippen LogP contribution in [-0.4, -0.2) is 42.2 Å². The summed E-state index contributed by atoms with van der Waals surface area (Å²) in [6, 6.07) is 9.18. The first-order valence-corrected chi connectivity index (χ1v) is 9.57. The largest absolute Gasteiger partial charge is 0.493 e. The van der Waals surface area contributed by atoms with Crippen LogP contribution in [0.2, 0.25) is 0 Å². The molecule has 9 heteroatoms. The van der Waals surface area contributed by atoms with Crippen molar-refractivity contribution in [3.05, 3.63) is 53.9 Å². The van der Waals surface area contributed by atoms with Crippen molar-refractivity contribution in [3.8, 4) is 28.9 Å². The fourth-order valence-corrected chi connectivity index (χ4v) is 3.54. The Bertz CT molecular complexity index is 1110. The Morgan fingerprint density at radius 1 is 0.968 bits per heavy atom. The minimum Gasteiger partial charge on any atom is -0.493 e. The number of methoxy groups -OCH3 is 3. The van der Waals surface area contributed by atoms with Crippen molar-refractivity contribution in [2.45, 2.75) is 12.8 Å². The van der Waals surface area contributed by atoms with Crippen LogP contribution in [-0.2, 0) is 6.42 Å². The predicted octanol–water partition coefficient (Wildman–Crippen LogP) is 4.16. The van der Waals surface area contributed by atoms with Crippen LogP contribution in [0.3, 0.4) is 0 Å². The minimum absolute atomic E-state index is 0.334. The highest BCUT2D eigenvalue weighted by molar-refractivity contribution is 6.04. The van der Waals surface area contributed by atoms with Crippen LogP contribution < -0.4 is 24.3 Å². The fourth-order valence-electron chi connectivity index (χ4n) is 3.54. The van der Waals surface area contributed by atoms with Gasteiger partial charge in [0.2, 0.25) is 11.6 Å². The molecule has 31 heavy (non-hydrogen) atoms. The molecule has 3 aromatic rings. The summed E-state index contributed by atoms with van der Waals surface area (Å²) < 4.78 is 22.1. The van der Waals surface area contributed by atoms with Gasteiger partial charge < -0.3 is 29.5 Å². The van der Waals surface area contributed by atoms with Crippen LogP contribution in [0.15, 0.2) is 47.9 Å². The monoisotopic (exact) mass is 422 g/mol. The van der Waals surface area contributed by atoms with Crippen molar-refractivity contribution < 1.29 is 24.2 Å². The standard InChI is InChI=1S/C22H22N4O5/c1-28-18-9-13(10-19(29-2)22(18)30-3)24-20-11-23-12-21(25-20)31-17-6-4-5-14-15(17)7-8-16(14)26-27/h4-6,9-12,27H,7-8H2,1-3H3,(H,24,25). The Morgan fingerprint density at radius 3 is 2.42 bits per heavy atom. The van der Waals surface area contributed by atoms with Gasteiger partial charge in [-0.15, -0.1) is 0 Å². The number of hydrogen-bond acceptors (Lipinski definition) is 9. The van der Waals surface area contributed by atoms with E-state index in [0.717, 1.165) is 17.5 Å². The summed E-state index contributed by atoms with van der Waals surface area (Å²) in [4.78, 5) is 8.71. The number of ether oxygens (including phenoxy) is 4. The van der Waals surface area contributed by atoms with E-state index in [9.17, 15) is 0 Å². The lowest BCUT2D eigenvalue weighted by Crippen LogP contribution is -2.00. The molecule has 0 saturated heterocycles. The topological polar surface area (TPSA) is 107 Å². The second-order valence-electron chi connectivity index (χ2n) is 6.71. The molecule has 0 aliphatic heterocycles. The van der Waals surface area contributed by atoms with Crippen molar-refractivity contribution in [2.75, 3.05) is 26.6 Å². The fraction of sp³-hybridized carbons (Fsp3) is 0.227. The molecular weight excluding hydrogens is 400 g/mol. The summed E-state index contributed by atoms with van der Waals surface area (Å²) in [7, 11) is 4.66. The number of anilines is 2. The van der Waals surface area contributed by atoms with Crippen molar-refractivity contribution in [1.82, 2.24) is 9.97 Å². The molecule has 4 rings (SSSR count). The SMILES string of the molecule is COc1cc(Nc2cncc(Oc3cccc4c3CCC4=NO)n2)cc(OC)c1OC.